The third kappa shape index (κ3) is 6.27. The molecule has 0 atom stereocenters. The highest BCUT2D eigenvalue weighted by Crippen LogP contribution is 2.30. The molecule has 0 aliphatic carbocycles. The molecule has 1 aliphatic heterocycles. The van der Waals surface area contributed by atoms with Crippen LogP contribution in [-0.4, -0.2) is 52.9 Å². The number of hydrogen-bond acceptors (Lipinski definition) is 8. The van der Waals surface area contributed by atoms with E-state index >= 15 is 0 Å². The third-order valence-corrected chi connectivity index (χ3v) is 6.24. The maximum Gasteiger partial charge on any atom is 0.270 e. The molecule has 1 saturated heterocycles. The maximum absolute atomic E-state index is 12.7. The van der Waals surface area contributed by atoms with Crippen molar-refractivity contribution in [3.05, 3.63) is 60.0 Å². The number of primary amides is 1. The van der Waals surface area contributed by atoms with Crippen LogP contribution in [0.2, 0.25) is 0 Å². The van der Waals surface area contributed by atoms with Crippen molar-refractivity contribution < 1.29 is 9.59 Å². The van der Waals surface area contributed by atoms with Gasteiger partial charge in [0.25, 0.3) is 11.8 Å². The molecule has 10 heteroatoms. The minimum Gasteiger partial charge on any atom is -0.384 e. The van der Waals surface area contributed by atoms with E-state index in [2.05, 4.69) is 30.8 Å². The van der Waals surface area contributed by atoms with Crippen molar-refractivity contribution in [2.45, 2.75) is 19.3 Å². The van der Waals surface area contributed by atoms with Crippen LogP contribution in [0.25, 0.3) is 0 Å². The first-order valence-electron chi connectivity index (χ1n) is 10.9. The summed E-state index contributed by atoms with van der Waals surface area (Å²) in [7, 11) is 0. The lowest BCUT2D eigenvalue weighted by Crippen LogP contribution is -2.33. The van der Waals surface area contributed by atoms with Crippen molar-refractivity contribution in [2.75, 3.05) is 42.1 Å². The van der Waals surface area contributed by atoms with E-state index in [0.717, 1.165) is 30.1 Å². The molecule has 172 valence electrons. The number of amides is 2. The van der Waals surface area contributed by atoms with Gasteiger partial charge in [-0.1, -0.05) is 17.8 Å². The van der Waals surface area contributed by atoms with Gasteiger partial charge in [0.05, 0.1) is 11.9 Å². The molecule has 1 aromatic carbocycles. The topological polar surface area (TPSA) is 125 Å². The van der Waals surface area contributed by atoms with E-state index in [-0.39, 0.29) is 11.6 Å². The number of nitrogens with one attached hydrogen (secondary N) is 3. The Morgan fingerprint density at radius 1 is 1.06 bits per heavy atom. The van der Waals surface area contributed by atoms with Crippen LogP contribution in [0.3, 0.4) is 0 Å². The van der Waals surface area contributed by atoms with Gasteiger partial charge < -0.3 is 26.6 Å². The van der Waals surface area contributed by atoms with Crippen LogP contribution in [0.5, 0.6) is 0 Å². The Morgan fingerprint density at radius 3 is 2.55 bits per heavy atom. The standard InChI is InChI=1S/C23H27N7O2S/c24-20(31)19-22(33-23(28-19)27-18-5-4-10-25-15-18)29-21(32)16-6-8-17(9-7-16)26-11-14-30-12-2-1-3-13-30/h4-10,15,26H,1-3,11-14H2,(H2,24,31)(H,27,28)(H,29,32). The highest BCUT2D eigenvalue weighted by Gasteiger charge is 2.19. The second kappa shape index (κ2) is 10.9. The lowest BCUT2D eigenvalue weighted by molar-refractivity contribution is 0.0997. The van der Waals surface area contributed by atoms with Crippen LogP contribution in [0.1, 0.15) is 40.1 Å². The molecule has 1 aliphatic rings. The first kappa shape index (κ1) is 22.7. The monoisotopic (exact) mass is 465 g/mol. The summed E-state index contributed by atoms with van der Waals surface area (Å²) in [6.45, 7) is 4.22. The van der Waals surface area contributed by atoms with Crippen LogP contribution >= 0.6 is 11.3 Å². The molecular formula is C23H27N7O2S. The lowest BCUT2D eigenvalue weighted by Gasteiger charge is -2.26. The SMILES string of the molecule is NC(=O)c1nc(Nc2cccnc2)sc1NC(=O)c1ccc(NCCN2CCCCC2)cc1. The fourth-order valence-electron chi connectivity index (χ4n) is 3.64. The molecule has 9 nitrogen and oxygen atoms in total. The highest BCUT2D eigenvalue weighted by molar-refractivity contribution is 7.20. The lowest BCUT2D eigenvalue weighted by atomic mass is 10.1. The number of pyridine rings is 1. The van der Waals surface area contributed by atoms with Gasteiger partial charge in [-0.25, -0.2) is 4.98 Å². The second-order valence-electron chi connectivity index (χ2n) is 7.79. The number of likely N-dealkylation sites (tertiary alicyclic amines) is 1. The van der Waals surface area contributed by atoms with Crippen LogP contribution in [0.4, 0.5) is 21.5 Å². The predicted octanol–water partition coefficient (Wildman–Crippen LogP) is 3.53. The fraction of sp³-hybridized carbons (Fsp3) is 0.304. The zero-order chi connectivity index (χ0) is 23.0. The van der Waals surface area contributed by atoms with E-state index in [9.17, 15) is 9.59 Å². The maximum atomic E-state index is 12.7. The van der Waals surface area contributed by atoms with Crippen molar-refractivity contribution in [1.29, 1.82) is 0 Å². The molecule has 3 heterocycles. The number of thiazole rings is 1. The Balaban J connectivity index is 1.35. The van der Waals surface area contributed by atoms with Crippen molar-refractivity contribution in [1.82, 2.24) is 14.9 Å². The fourth-order valence-corrected chi connectivity index (χ4v) is 4.53. The van der Waals surface area contributed by atoms with Crippen LogP contribution in [0.15, 0.2) is 48.8 Å². The summed E-state index contributed by atoms with van der Waals surface area (Å²) < 4.78 is 0. The number of carbonyl (C=O) groups is 2. The predicted molar refractivity (Wildman–Crippen MR) is 131 cm³/mol. The van der Waals surface area contributed by atoms with Gasteiger partial charge in [0, 0.05) is 30.5 Å². The average molecular weight is 466 g/mol. The molecule has 0 saturated carbocycles. The average Bonchev–Trinajstić information content (AvgIpc) is 3.23. The van der Waals surface area contributed by atoms with Crippen LogP contribution in [-0.2, 0) is 0 Å². The van der Waals surface area contributed by atoms with E-state index in [1.165, 1.54) is 32.4 Å². The molecule has 2 aromatic heterocycles. The first-order chi connectivity index (χ1) is 16.1. The van der Waals surface area contributed by atoms with E-state index in [4.69, 9.17) is 5.73 Å². The quantitative estimate of drug-likeness (QED) is 0.381. The van der Waals surface area contributed by atoms with Crippen molar-refractivity contribution >= 4 is 44.7 Å². The molecule has 0 unspecified atom stereocenters. The number of piperidine rings is 1. The number of anilines is 4. The van der Waals surface area contributed by atoms with Gasteiger partial charge in [-0.05, 0) is 62.3 Å². The summed E-state index contributed by atoms with van der Waals surface area (Å²) >= 11 is 1.13. The van der Waals surface area contributed by atoms with Crippen LogP contribution in [0, 0.1) is 0 Å². The number of rotatable bonds is 9. The first-order valence-corrected chi connectivity index (χ1v) is 11.8. The molecule has 4 rings (SSSR count). The van der Waals surface area contributed by atoms with Gasteiger partial charge in [-0.15, -0.1) is 0 Å². The molecule has 1 fully saturated rings. The van der Waals surface area contributed by atoms with Gasteiger partial charge in [0.1, 0.15) is 5.00 Å². The molecular weight excluding hydrogens is 438 g/mol. The van der Waals surface area contributed by atoms with Crippen molar-refractivity contribution in [3.8, 4) is 0 Å². The molecule has 5 N–H and O–H groups in total. The Hall–Kier alpha value is -3.50. The van der Waals surface area contributed by atoms with Gasteiger partial charge in [-0.3, -0.25) is 14.6 Å². The minimum absolute atomic E-state index is 0.00994. The Morgan fingerprint density at radius 2 is 1.85 bits per heavy atom. The minimum atomic E-state index is -0.714. The van der Waals surface area contributed by atoms with E-state index in [1.807, 2.05) is 18.2 Å². The molecule has 0 radical (unpaired) electrons. The van der Waals surface area contributed by atoms with E-state index in [1.54, 1.807) is 30.6 Å². The zero-order valence-electron chi connectivity index (χ0n) is 18.2. The molecule has 3 aromatic rings. The summed E-state index contributed by atoms with van der Waals surface area (Å²) in [5.74, 6) is -1.05. The Labute approximate surface area is 196 Å². The summed E-state index contributed by atoms with van der Waals surface area (Å²) in [5, 5.41) is 9.94. The van der Waals surface area contributed by atoms with E-state index in [0.29, 0.717) is 21.4 Å². The number of aromatic nitrogens is 2. The summed E-state index contributed by atoms with van der Waals surface area (Å²) in [4.78, 5) is 35.3. The molecule has 0 bridgehead atoms. The number of nitrogens with two attached hydrogens (primary N) is 1. The normalized spacial score (nSPS) is 13.9. The largest absolute Gasteiger partial charge is 0.384 e. The van der Waals surface area contributed by atoms with Gasteiger partial charge >= 0.3 is 0 Å². The number of benzene rings is 1. The second-order valence-corrected chi connectivity index (χ2v) is 8.79. The van der Waals surface area contributed by atoms with Crippen molar-refractivity contribution in [2.24, 2.45) is 5.73 Å². The summed E-state index contributed by atoms with van der Waals surface area (Å²) in [6.07, 6.45) is 7.18. The molecule has 33 heavy (non-hydrogen) atoms. The Kier molecular flexibility index (Phi) is 7.48. The smallest absolute Gasteiger partial charge is 0.270 e. The van der Waals surface area contributed by atoms with Gasteiger partial charge in [0.2, 0.25) is 0 Å². The summed E-state index contributed by atoms with van der Waals surface area (Å²) in [6, 6.07) is 10.8. The zero-order valence-corrected chi connectivity index (χ0v) is 19.0. The van der Waals surface area contributed by atoms with Crippen molar-refractivity contribution in [3.63, 3.8) is 0 Å². The number of hydrogen-bond donors (Lipinski definition) is 4. The number of nitrogens with zero attached hydrogens (tertiary/aromatic N) is 3. The van der Waals surface area contributed by atoms with Crippen LogP contribution < -0.4 is 21.7 Å². The highest BCUT2D eigenvalue weighted by atomic mass is 32.1. The third-order valence-electron chi connectivity index (χ3n) is 5.35. The molecule has 0 spiro atoms. The van der Waals surface area contributed by atoms with E-state index < -0.39 is 5.91 Å². The van der Waals surface area contributed by atoms with Gasteiger partial charge in [0.15, 0.2) is 10.8 Å². The van der Waals surface area contributed by atoms with Gasteiger partial charge in [-0.2, -0.15) is 0 Å². The summed E-state index contributed by atoms with van der Waals surface area (Å²) in [5.41, 5.74) is 7.61. The molecule has 2 amide bonds. The number of carbonyl (C=O) groups excluding carboxylic acids is 2. The Bertz CT molecular complexity index is 1080.